The summed E-state index contributed by atoms with van der Waals surface area (Å²) in [6.07, 6.45) is 0. The van der Waals surface area contributed by atoms with Crippen LogP contribution >= 0.6 is 0 Å². The quantitative estimate of drug-likeness (QED) is 0.0816. The zero-order chi connectivity index (χ0) is 32.8. The van der Waals surface area contributed by atoms with Gasteiger partial charge >= 0.3 is 0 Å². The third kappa shape index (κ3) is 8.69. The second-order valence-electron chi connectivity index (χ2n) is 12.3. The van der Waals surface area contributed by atoms with Crippen LogP contribution in [0, 0.1) is 0 Å². The maximum Gasteiger partial charge on any atom is 0.137 e. The van der Waals surface area contributed by atoms with E-state index >= 15 is 0 Å². The smallest absolute Gasteiger partial charge is 0.137 e. The lowest BCUT2D eigenvalue weighted by atomic mass is 9.86. The molecule has 0 aliphatic carbocycles. The first-order valence-corrected chi connectivity index (χ1v) is 17.5. The number of hydrogen-bond donors (Lipinski definition) is 0. The summed E-state index contributed by atoms with van der Waals surface area (Å²) in [7, 11) is 0. The van der Waals surface area contributed by atoms with Gasteiger partial charge in [-0.3, -0.25) is 0 Å². The molecule has 0 heterocycles. The average molecular weight is 621 g/mol. The number of likely N-dealkylation sites (N-methyl/N-ethyl adjacent to an activating group) is 2. The summed E-state index contributed by atoms with van der Waals surface area (Å²) in [6.45, 7) is 23.9. The number of ether oxygens (including phenoxy) is 2. The third-order valence-corrected chi connectivity index (χ3v) is 10.4. The molecule has 0 radical (unpaired) electrons. The molecule has 0 bridgehead atoms. The number of nitrogens with zero attached hydrogens (tertiary/aromatic N) is 2. The molecule has 0 N–H and O–H groups in total. The van der Waals surface area contributed by atoms with E-state index in [0.29, 0.717) is 0 Å². The normalized spacial score (nSPS) is 12.5. The second kappa shape index (κ2) is 17.2. The molecule has 4 heteroatoms. The first-order valence-electron chi connectivity index (χ1n) is 17.5. The van der Waals surface area contributed by atoms with Crippen LogP contribution in [0.1, 0.15) is 63.8 Å². The molecule has 46 heavy (non-hydrogen) atoms. The lowest BCUT2D eigenvalue weighted by Gasteiger charge is -2.35. The van der Waals surface area contributed by atoms with Crippen LogP contribution in [-0.4, -0.2) is 74.5 Å². The van der Waals surface area contributed by atoms with Gasteiger partial charge in [0, 0.05) is 0 Å². The predicted octanol–water partition coefficient (Wildman–Crippen LogP) is 9.20. The van der Waals surface area contributed by atoms with E-state index in [2.05, 4.69) is 151 Å². The molecular weight excluding hydrogens is 564 g/mol. The van der Waals surface area contributed by atoms with Crippen molar-refractivity contribution >= 4 is 11.1 Å². The van der Waals surface area contributed by atoms with Gasteiger partial charge < -0.3 is 18.4 Å². The van der Waals surface area contributed by atoms with Gasteiger partial charge in [-0.2, -0.15) is 0 Å². The number of quaternary nitrogens is 2. The van der Waals surface area contributed by atoms with Crippen LogP contribution in [0.25, 0.3) is 11.1 Å². The molecular formula is C42H56N2O2+2. The highest BCUT2D eigenvalue weighted by Crippen LogP contribution is 2.37. The maximum atomic E-state index is 6.28. The Morgan fingerprint density at radius 2 is 0.674 bits per heavy atom. The van der Waals surface area contributed by atoms with Crippen molar-refractivity contribution < 1.29 is 18.4 Å². The SMILES string of the molecule is CC[N+](CC)(CC)CCOc1ccc(/C(=C(\c2ccccc2)c2ccc(OCC[N+](CC)(CC)CC)cc2)c2ccccc2)cc1. The third-order valence-electron chi connectivity index (χ3n) is 10.4. The number of rotatable bonds is 18. The summed E-state index contributed by atoms with van der Waals surface area (Å²) >= 11 is 0. The first kappa shape index (κ1) is 35.0. The van der Waals surface area contributed by atoms with Crippen molar-refractivity contribution in [2.45, 2.75) is 41.5 Å². The van der Waals surface area contributed by atoms with Gasteiger partial charge in [-0.15, -0.1) is 0 Å². The van der Waals surface area contributed by atoms with Gasteiger partial charge in [-0.25, -0.2) is 0 Å². The molecule has 0 saturated heterocycles. The van der Waals surface area contributed by atoms with E-state index in [4.69, 9.17) is 9.47 Å². The Hall–Kier alpha value is -3.86. The molecule has 4 nitrogen and oxygen atoms in total. The van der Waals surface area contributed by atoms with E-state index in [-0.39, 0.29) is 0 Å². The van der Waals surface area contributed by atoms with Gasteiger partial charge in [0.25, 0.3) is 0 Å². The molecule has 0 unspecified atom stereocenters. The minimum Gasteiger partial charge on any atom is -0.488 e. The van der Waals surface area contributed by atoms with E-state index in [1.165, 1.54) is 22.3 Å². The molecule has 244 valence electrons. The fourth-order valence-electron chi connectivity index (χ4n) is 6.56. The molecule has 0 amide bonds. The minimum absolute atomic E-state index is 0.718. The van der Waals surface area contributed by atoms with Crippen molar-refractivity contribution in [2.24, 2.45) is 0 Å². The first-order chi connectivity index (χ1) is 22.5. The van der Waals surface area contributed by atoms with E-state index < -0.39 is 0 Å². The van der Waals surface area contributed by atoms with Crippen LogP contribution in [0.2, 0.25) is 0 Å². The molecule has 0 fully saturated rings. The summed E-state index contributed by atoms with van der Waals surface area (Å²) in [5, 5.41) is 0. The van der Waals surface area contributed by atoms with E-state index in [1.807, 2.05) is 0 Å². The monoisotopic (exact) mass is 620 g/mol. The Morgan fingerprint density at radius 1 is 0.391 bits per heavy atom. The van der Waals surface area contributed by atoms with Gasteiger partial charge in [-0.1, -0.05) is 84.9 Å². The molecule has 0 spiro atoms. The molecule has 0 aliphatic heterocycles. The van der Waals surface area contributed by atoms with Crippen LogP contribution in [0.4, 0.5) is 0 Å². The highest BCUT2D eigenvalue weighted by Gasteiger charge is 2.22. The fourth-order valence-corrected chi connectivity index (χ4v) is 6.56. The highest BCUT2D eigenvalue weighted by molar-refractivity contribution is 6.04. The summed E-state index contributed by atoms with van der Waals surface area (Å²) < 4.78 is 14.7. The van der Waals surface area contributed by atoms with Crippen LogP contribution in [0.5, 0.6) is 11.5 Å². The minimum atomic E-state index is 0.718. The molecule has 4 rings (SSSR count). The summed E-state index contributed by atoms with van der Waals surface area (Å²) in [5.41, 5.74) is 7.07. The number of benzene rings is 4. The molecule has 4 aromatic rings. The maximum absolute atomic E-state index is 6.28. The molecule has 0 saturated carbocycles. The second-order valence-corrected chi connectivity index (χ2v) is 12.3. The lowest BCUT2D eigenvalue weighted by molar-refractivity contribution is -0.923. The van der Waals surface area contributed by atoms with E-state index in [9.17, 15) is 0 Å². The Kier molecular flexibility index (Phi) is 13.1. The summed E-state index contributed by atoms with van der Waals surface area (Å²) in [6, 6.07) is 38.8. The Bertz CT molecular complexity index is 1340. The van der Waals surface area contributed by atoms with Crippen LogP contribution in [-0.2, 0) is 0 Å². The zero-order valence-electron chi connectivity index (χ0n) is 29.2. The molecule has 0 aromatic heterocycles. The van der Waals surface area contributed by atoms with Gasteiger partial charge in [0.1, 0.15) is 37.8 Å². The van der Waals surface area contributed by atoms with Crippen molar-refractivity contribution in [1.82, 2.24) is 0 Å². The zero-order valence-corrected chi connectivity index (χ0v) is 29.2. The Morgan fingerprint density at radius 3 is 0.957 bits per heavy atom. The molecule has 4 aromatic carbocycles. The Labute approximate surface area is 279 Å². The van der Waals surface area contributed by atoms with Crippen molar-refractivity contribution in [3.05, 3.63) is 131 Å². The van der Waals surface area contributed by atoms with E-state index in [1.54, 1.807) is 0 Å². The largest absolute Gasteiger partial charge is 0.488 e. The van der Waals surface area contributed by atoms with Gasteiger partial charge in [0.15, 0.2) is 0 Å². The van der Waals surface area contributed by atoms with Gasteiger partial charge in [0.2, 0.25) is 0 Å². The predicted molar refractivity (Wildman–Crippen MR) is 195 cm³/mol. The molecule has 0 atom stereocenters. The average Bonchev–Trinajstić information content (AvgIpc) is 3.13. The van der Waals surface area contributed by atoms with Crippen molar-refractivity contribution in [3.8, 4) is 11.5 Å². The van der Waals surface area contributed by atoms with Gasteiger partial charge in [0.05, 0.1) is 39.3 Å². The number of hydrogen-bond acceptors (Lipinski definition) is 2. The van der Waals surface area contributed by atoms with Crippen molar-refractivity contribution in [2.75, 3.05) is 65.6 Å². The van der Waals surface area contributed by atoms with Crippen molar-refractivity contribution in [3.63, 3.8) is 0 Å². The standard InChI is InChI=1S/C42H56N2O2/c1-7-43(8-2,9-3)31-33-45-39-27-23-37(24-28-39)41(35-19-15-13-16-20-35)42(36-21-17-14-18-22-36)38-25-29-40(30-26-38)46-34-32-44(10-4,11-5)12-6/h13-30H,7-12,31-34H2,1-6H3/q+2/b42-41+. The highest BCUT2D eigenvalue weighted by atomic mass is 16.5. The topological polar surface area (TPSA) is 18.5 Å². The fraction of sp³-hybridized carbons (Fsp3) is 0.381. The molecule has 0 aliphatic rings. The van der Waals surface area contributed by atoms with Crippen LogP contribution in [0.3, 0.4) is 0 Å². The van der Waals surface area contributed by atoms with Crippen LogP contribution < -0.4 is 9.47 Å². The van der Waals surface area contributed by atoms with Gasteiger partial charge in [-0.05, 0) is 99.2 Å². The lowest BCUT2D eigenvalue weighted by Crippen LogP contribution is -2.49. The van der Waals surface area contributed by atoms with Crippen molar-refractivity contribution in [1.29, 1.82) is 0 Å². The van der Waals surface area contributed by atoms with E-state index in [0.717, 1.165) is 97.2 Å². The Balaban J connectivity index is 1.68. The summed E-state index contributed by atoms with van der Waals surface area (Å²) in [4.78, 5) is 0. The van der Waals surface area contributed by atoms with Crippen LogP contribution in [0.15, 0.2) is 109 Å². The summed E-state index contributed by atoms with van der Waals surface area (Å²) in [5.74, 6) is 1.83.